The summed E-state index contributed by atoms with van der Waals surface area (Å²) in [6, 6.07) is 5.72. The Morgan fingerprint density at radius 2 is 2.05 bits per heavy atom. The fourth-order valence-corrected chi connectivity index (χ4v) is 2.28. The van der Waals surface area contributed by atoms with Gasteiger partial charge in [-0.3, -0.25) is 0 Å². The number of likely N-dealkylation sites (N-methyl/N-ethyl adjacent to an activating group) is 1. The van der Waals surface area contributed by atoms with Crippen LogP contribution in [0.5, 0.6) is 5.75 Å². The SMILES string of the molecule is CCCN(CC)CCNCc1cc(Cl)ccc1OC. The second-order valence-electron chi connectivity index (χ2n) is 4.57. The third-order valence-corrected chi connectivity index (χ3v) is 3.38. The van der Waals surface area contributed by atoms with Crippen LogP contribution >= 0.6 is 11.6 Å². The van der Waals surface area contributed by atoms with Gasteiger partial charge in [-0.15, -0.1) is 0 Å². The van der Waals surface area contributed by atoms with Crippen molar-refractivity contribution in [2.45, 2.75) is 26.8 Å². The number of hydrogen-bond acceptors (Lipinski definition) is 3. The van der Waals surface area contributed by atoms with Crippen molar-refractivity contribution in [1.82, 2.24) is 10.2 Å². The van der Waals surface area contributed by atoms with Crippen LogP contribution in [0.1, 0.15) is 25.8 Å². The Bertz CT molecular complexity index is 371. The molecule has 0 aliphatic heterocycles. The van der Waals surface area contributed by atoms with E-state index in [1.807, 2.05) is 18.2 Å². The zero-order chi connectivity index (χ0) is 14.1. The molecule has 0 saturated carbocycles. The molecule has 4 heteroatoms. The fraction of sp³-hybridized carbons (Fsp3) is 0.600. The van der Waals surface area contributed by atoms with E-state index in [1.54, 1.807) is 7.11 Å². The van der Waals surface area contributed by atoms with E-state index in [0.717, 1.165) is 42.5 Å². The summed E-state index contributed by atoms with van der Waals surface area (Å²) in [6.07, 6.45) is 1.20. The first-order chi connectivity index (χ1) is 9.21. The van der Waals surface area contributed by atoms with Gasteiger partial charge in [0.2, 0.25) is 0 Å². The Kier molecular flexibility index (Phi) is 7.87. The number of halogens is 1. The largest absolute Gasteiger partial charge is 0.496 e. The monoisotopic (exact) mass is 284 g/mol. The summed E-state index contributed by atoms with van der Waals surface area (Å²) in [6.45, 7) is 9.53. The zero-order valence-corrected chi connectivity index (χ0v) is 13.0. The first-order valence-corrected chi connectivity index (χ1v) is 7.34. The van der Waals surface area contributed by atoms with Crippen LogP contribution in [-0.4, -0.2) is 38.2 Å². The lowest BCUT2D eigenvalue weighted by atomic mass is 10.2. The van der Waals surface area contributed by atoms with Crippen molar-refractivity contribution in [1.29, 1.82) is 0 Å². The van der Waals surface area contributed by atoms with E-state index in [1.165, 1.54) is 13.0 Å². The molecular weight excluding hydrogens is 260 g/mol. The third-order valence-electron chi connectivity index (χ3n) is 3.15. The minimum Gasteiger partial charge on any atom is -0.496 e. The second-order valence-corrected chi connectivity index (χ2v) is 5.00. The predicted molar refractivity (Wildman–Crippen MR) is 82.1 cm³/mol. The van der Waals surface area contributed by atoms with Gasteiger partial charge in [-0.05, 0) is 37.7 Å². The highest BCUT2D eigenvalue weighted by molar-refractivity contribution is 6.30. The third kappa shape index (κ3) is 5.81. The normalized spacial score (nSPS) is 11.0. The average Bonchev–Trinajstić information content (AvgIpc) is 2.42. The van der Waals surface area contributed by atoms with Crippen molar-refractivity contribution in [2.24, 2.45) is 0 Å². The molecule has 0 heterocycles. The maximum atomic E-state index is 6.01. The minimum absolute atomic E-state index is 0.749. The Morgan fingerprint density at radius 3 is 2.68 bits per heavy atom. The van der Waals surface area contributed by atoms with Crippen LogP contribution in [0, 0.1) is 0 Å². The summed E-state index contributed by atoms with van der Waals surface area (Å²) in [5, 5.41) is 4.20. The van der Waals surface area contributed by atoms with E-state index in [4.69, 9.17) is 16.3 Å². The van der Waals surface area contributed by atoms with Crippen LogP contribution < -0.4 is 10.1 Å². The van der Waals surface area contributed by atoms with Gasteiger partial charge in [0.25, 0.3) is 0 Å². The Morgan fingerprint density at radius 1 is 1.26 bits per heavy atom. The highest BCUT2D eigenvalue weighted by Gasteiger charge is 2.04. The molecule has 108 valence electrons. The molecule has 0 atom stereocenters. The van der Waals surface area contributed by atoms with Gasteiger partial charge >= 0.3 is 0 Å². The molecule has 0 bridgehead atoms. The van der Waals surface area contributed by atoms with Crippen LogP contribution in [-0.2, 0) is 6.54 Å². The summed E-state index contributed by atoms with van der Waals surface area (Å²) in [5.74, 6) is 0.887. The Balaban J connectivity index is 2.38. The van der Waals surface area contributed by atoms with Gasteiger partial charge in [-0.1, -0.05) is 25.4 Å². The van der Waals surface area contributed by atoms with Gasteiger partial charge in [-0.2, -0.15) is 0 Å². The predicted octanol–water partition coefficient (Wildman–Crippen LogP) is 3.17. The van der Waals surface area contributed by atoms with Gasteiger partial charge in [0.15, 0.2) is 0 Å². The Labute approximate surface area is 121 Å². The molecule has 0 aliphatic carbocycles. The van der Waals surface area contributed by atoms with Gasteiger partial charge in [-0.25, -0.2) is 0 Å². The average molecular weight is 285 g/mol. The molecule has 3 nitrogen and oxygen atoms in total. The molecular formula is C15H25ClN2O. The van der Waals surface area contributed by atoms with Crippen molar-refractivity contribution in [3.8, 4) is 5.75 Å². The number of benzene rings is 1. The molecule has 19 heavy (non-hydrogen) atoms. The molecule has 0 amide bonds. The maximum absolute atomic E-state index is 6.01. The van der Waals surface area contributed by atoms with E-state index in [0.29, 0.717) is 0 Å². The van der Waals surface area contributed by atoms with E-state index >= 15 is 0 Å². The molecule has 1 aromatic carbocycles. The van der Waals surface area contributed by atoms with E-state index in [-0.39, 0.29) is 0 Å². The lowest BCUT2D eigenvalue weighted by Crippen LogP contribution is -2.32. The molecule has 0 radical (unpaired) electrons. The molecule has 1 N–H and O–H groups in total. The number of methoxy groups -OCH3 is 1. The molecule has 0 saturated heterocycles. The fourth-order valence-electron chi connectivity index (χ4n) is 2.09. The smallest absolute Gasteiger partial charge is 0.123 e. The quantitative estimate of drug-likeness (QED) is 0.705. The molecule has 0 fully saturated rings. The molecule has 1 aromatic rings. The number of ether oxygens (including phenoxy) is 1. The van der Waals surface area contributed by atoms with Gasteiger partial charge in [0.05, 0.1) is 7.11 Å². The number of nitrogens with one attached hydrogen (secondary N) is 1. The summed E-state index contributed by atoms with van der Waals surface area (Å²) < 4.78 is 5.33. The second kappa shape index (κ2) is 9.18. The van der Waals surface area contributed by atoms with Crippen LogP contribution in [0.15, 0.2) is 18.2 Å². The highest BCUT2D eigenvalue weighted by Crippen LogP contribution is 2.22. The summed E-state index contributed by atoms with van der Waals surface area (Å²) >= 11 is 6.01. The topological polar surface area (TPSA) is 24.5 Å². The van der Waals surface area contributed by atoms with E-state index < -0.39 is 0 Å². The van der Waals surface area contributed by atoms with Gasteiger partial charge < -0.3 is 15.0 Å². The van der Waals surface area contributed by atoms with Crippen molar-refractivity contribution in [3.05, 3.63) is 28.8 Å². The molecule has 0 aliphatic rings. The van der Waals surface area contributed by atoms with Crippen LogP contribution in [0.4, 0.5) is 0 Å². The van der Waals surface area contributed by atoms with Crippen LogP contribution in [0.2, 0.25) is 5.02 Å². The lowest BCUT2D eigenvalue weighted by Gasteiger charge is -2.19. The highest BCUT2D eigenvalue weighted by atomic mass is 35.5. The van der Waals surface area contributed by atoms with Crippen molar-refractivity contribution < 1.29 is 4.74 Å². The van der Waals surface area contributed by atoms with Crippen LogP contribution in [0.25, 0.3) is 0 Å². The van der Waals surface area contributed by atoms with E-state index in [9.17, 15) is 0 Å². The lowest BCUT2D eigenvalue weighted by molar-refractivity contribution is 0.287. The van der Waals surface area contributed by atoms with Crippen molar-refractivity contribution >= 4 is 11.6 Å². The first-order valence-electron chi connectivity index (χ1n) is 6.96. The molecule has 1 rings (SSSR count). The van der Waals surface area contributed by atoms with Gasteiger partial charge in [0, 0.05) is 30.2 Å². The maximum Gasteiger partial charge on any atom is 0.123 e. The van der Waals surface area contributed by atoms with Crippen LogP contribution in [0.3, 0.4) is 0 Å². The summed E-state index contributed by atoms with van der Waals surface area (Å²) in [4.78, 5) is 2.45. The molecule has 0 unspecified atom stereocenters. The zero-order valence-electron chi connectivity index (χ0n) is 12.2. The van der Waals surface area contributed by atoms with Gasteiger partial charge in [0.1, 0.15) is 5.75 Å². The molecule has 0 aromatic heterocycles. The van der Waals surface area contributed by atoms with E-state index in [2.05, 4.69) is 24.1 Å². The van der Waals surface area contributed by atoms with Crippen molar-refractivity contribution in [3.63, 3.8) is 0 Å². The summed E-state index contributed by atoms with van der Waals surface area (Å²) in [5.41, 5.74) is 1.11. The molecule has 0 spiro atoms. The number of rotatable bonds is 9. The first kappa shape index (κ1) is 16.3. The number of nitrogens with zero attached hydrogens (tertiary/aromatic N) is 1. The number of hydrogen-bond donors (Lipinski definition) is 1. The minimum atomic E-state index is 0.749. The standard InChI is InChI=1S/C15H25ClN2O/c1-4-9-18(5-2)10-8-17-12-13-11-14(16)6-7-15(13)19-3/h6-7,11,17H,4-5,8-10,12H2,1-3H3. The van der Waals surface area contributed by atoms with Crippen molar-refractivity contribution in [2.75, 3.05) is 33.3 Å². The Hall–Kier alpha value is -0.770. The summed E-state index contributed by atoms with van der Waals surface area (Å²) in [7, 11) is 1.69.